The Bertz CT molecular complexity index is 765. The second-order valence-corrected chi connectivity index (χ2v) is 6.49. The lowest BCUT2D eigenvalue weighted by atomic mass is 10.2. The third-order valence-electron chi connectivity index (χ3n) is 3.51. The molecule has 2 aromatic carbocycles. The third-order valence-corrected chi connectivity index (χ3v) is 4.62. The highest BCUT2D eigenvalue weighted by molar-refractivity contribution is 7.99. The van der Waals surface area contributed by atoms with Crippen LogP contribution in [0.5, 0.6) is 0 Å². The lowest BCUT2D eigenvalue weighted by Gasteiger charge is -2.13. The summed E-state index contributed by atoms with van der Waals surface area (Å²) in [5.41, 5.74) is 2.41. The molecule has 3 nitrogen and oxygen atoms in total. The van der Waals surface area contributed by atoms with Crippen LogP contribution in [0.1, 0.15) is 5.56 Å². The largest absolute Gasteiger partial charge is 0.416 e. The Morgan fingerprint density at radius 1 is 1.00 bits per heavy atom. The van der Waals surface area contributed by atoms with Crippen molar-refractivity contribution in [3.8, 4) is 0 Å². The van der Waals surface area contributed by atoms with E-state index in [4.69, 9.17) is 4.84 Å². The van der Waals surface area contributed by atoms with Gasteiger partial charge in [-0.25, -0.2) is 0 Å². The molecule has 0 unspecified atom stereocenters. The zero-order valence-corrected chi connectivity index (χ0v) is 13.9. The minimum atomic E-state index is 0.881. The van der Waals surface area contributed by atoms with E-state index in [1.807, 2.05) is 16.9 Å². The molecule has 3 rings (SSSR count). The fraction of sp³-hybridized carbons (Fsp3) is 0.222. The molecule has 3 aromatic rings. The summed E-state index contributed by atoms with van der Waals surface area (Å²) in [5.74, 6) is 0. The molecule has 0 atom stereocenters. The summed E-state index contributed by atoms with van der Waals surface area (Å²) in [6.45, 7) is 0.881. The van der Waals surface area contributed by atoms with Crippen LogP contribution in [-0.4, -0.2) is 30.8 Å². The van der Waals surface area contributed by atoms with Crippen LogP contribution in [0.3, 0.4) is 0 Å². The maximum Gasteiger partial charge on any atom is 0.123 e. The van der Waals surface area contributed by atoms with Crippen LogP contribution in [0.15, 0.2) is 64.5 Å². The number of aromatic nitrogens is 1. The number of hydrogen-bond donors (Lipinski definition) is 0. The quantitative estimate of drug-likeness (QED) is 0.711. The number of rotatable bonds is 5. The Labute approximate surface area is 135 Å². The first kappa shape index (κ1) is 15.0. The van der Waals surface area contributed by atoms with Crippen LogP contribution in [-0.2, 0) is 6.54 Å². The molecule has 0 fully saturated rings. The van der Waals surface area contributed by atoms with E-state index in [2.05, 4.69) is 61.5 Å². The lowest BCUT2D eigenvalue weighted by molar-refractivity contribution is 0.157. The van der Waals surface area contributed by atoms with Gasteiger partial charge < -0.3 is 9.74 Å². The average Bonchev–Trinajstić information content (AvgIpc) is 2.81. The first-order chi connectivity index (χ1) is 10.7. The number of fused-ring (bicyclic) bond motifs is 1. The normalized spacial score (nSPS) is 11.3. The van der Waals surface area contributed by atoms with E-state index in [9.17, 15) is 0 Å². The van der Waals surface area contributed by atoms with Crippen molar-refractivity contribution >= 4 is 22.7 Å². The fourth-order valence-electron chi connectivity index (χ4n) is 2.61. The SMILES string of the molecule is COn1c(Sc2ccccc2)c(CN(C)C)c2ccccc21. The molecule has 1 aromatic heterocycles. The van der Waals surface area contributed by atoms with Crippen LogP contribution in [0.4, 0.5) is 0 Å². The molecule has 0 aliphatic rings. The topological polar surface area (TPSA) is 17.4 Å². The van der Waals surface area contributed by atoms with Gasteiger partial charge in [0.1, 0.15) is 12.1 Å². The summed E-state index contributed by atoms with van der Waals surface area (Å²) < 4.78 is 1.94. The highest BCUT2D eigenvalue weighted by Crippen LogP contribution is 2.37. The molecule has 0 aliphatic heterocycles. The summed E-state index contributed by atoms with van der Waals surface area (Å²) in [6, 6.07) is 18.8. The van der Waals surface area contributed by atoms with Crippen molar-refractivity contribution in [2.75, 3.05) is 21.2 Å². The van der Waals surface area contributed by atoms with Gasteiger partial charge in [-0.05, 0) is 32.3 Å². The van der Waals surface area contributed by atoms with E-state index in [1.54, 1.807) is 18.9 Å². The Morgan fingerprint density at radius 3 is 2.36 bits per heavy atom. The minimum Gasteiger partial charge on any atom is -0.416 e. The molecule has 0 N–H and O–H groups in total. The summed E-state index contributed by atoms with van der Waals surface area (Å²) in [4.78, 5) is 9.07. The minimum absolute atomic E-state index is 0.881. The Balaban J connectivity index is 2.17. The molecule has 1 heterocycles. The Hall–Kier alpha value is -1.91. The summed E-state index contributed by atoms with van der Waals surface area (Å²) in [6.07, 6.45) is 0. The molecular weight excluding hydrogens is 292 g/mol. The van der Waals surface area contributed by atoms with Crippen molar-refractivity contribution in [2.24, 2.45) is 0 Å². The van der Waals surface area contributed by atoms with E-state index in [1.165, 1.54) is 15.8 Å². The zero-order valence-electron chi connectivity index (χ0n) is 13.1. The third kappa shape index (κ3) is 2.85. The fourth-order valence-corrected chi connectivity index (χ4v) is 3.68. The predicted molar refractivity (Wildman–Crippen MR) is 92.4 cm³/mol. The van der Waals surface area contributed by atoms with Gasteiger partial charge in [0.25, 0.3) is 0 Å². The van der Waals surface area contributed by atoms with Gasteiger partial charge in [-0.15, -0.1) is 0 Å². The Kier molecular flexibility index (Phi) is 4.41. The van der Waals surface area contributed by atoms with E-state index < -0.39 is 0 Å². The highest BCUT2D eigenvalue weighted by Gasteiger charge is 2.19. The lowest BCUT2D eigenvalue weighted by Crippen LogP contribution is -2.12. The van der Waals surface area contributed by atoms with E-state index in [0.717, 1.165) is 17.1 Å². The van der Waals surface area contributed by atoms with Gasteiger partial charge in [0.15, 0.2) is 0 Å². The molecule has 0 saturated heterocycles. The number of benzene rings is 2. The van der Waals surface area contributed by atoms with Crippen molar-refractivity contribution in [1.29, 1.82) is 0 Å². The van der Waals surface area contributed by atoms with Crippen LogP contribution < -0.4 is 4.84 Å². The van der Waals surface area contributed by atoms with Gasteiger partial charge in [0.2, 0.25) is 0 Å². The second-order valence-electron chi connectivity index (χ2n) is 5.43. The van der Waals surface area contributed by atoms with Crippen molar-refractivity contribution in [3.63, 3.8) is 0 Å². The molecule has 0 aliphatic carbocycles. The van der Waals surface area contributed by atoms with Crippen LogP contribution >= 0.6 is 11.8 Å². The van der Waals surface area contributed by atoms with Gasteiger partial charge >= 0.3 is 0 Å². The monoisotopic (exact) mass is 312 g/mol. The van der Waals surface area contributed by atoms with Crippen LogP contribution in [0.2, 0.25) is 0 Å². The van der Waals surface area contributed by atoms with Crippen molar-refractivity contribution < 1.29 is 4.84 Å². The first-order valence-electron chi connectivity index (χ1n) is 7.25. The molecule has 0 amide bonds. The molecular formula is C18H20N2OS. The average molecular weight is 312 g/mol. The molecule has 22 heavy (non-hydrogen) atoms. The standard InChI is InChI=1S/C18H20N2OS/c1-19(2)13-16-15-11-7-8-12-17(15)20(21-3)18(16)22-14-9-5-4-6-10-14/h4-12H,13H2,1-3H3. The number of para-hydroxylation sites is 1. The van der Waals surface area contributed by atoms with E-state index >= 15 is 0 Å². The maximum absolute atomic E-state index is 5.67. The summed E-state index contributed by atoms with van der Waals surface area (Å²) >= 11 is 1.74. The zero-order chi connectivity index (χ0) is 15.5. The summed E-state index contributed by atoms with van der Waals surface area (Å²) in [5, 5.41) is 2.39. The first-order valence-corrected chi connectivity index (χ1v) is 8.07. The molecule has 0 bridgehead atoms. The van der Waals surface area contributed by atoms with E-state index in [-0.39, 0.29) is 0 Å². The highest BCUT2D eigenvalue weighted by atomic mass is 32.2. The van der Waals surface area contributed by atoms with Crippen LogP contribution in [0, 0.1) is 0 Å². The molecule has 0 spiro atoms. The number of hydrogen-bond acceptors (Lipinski definition) is 3. The van der Waals surface area contributed by atoms with E-state index in [0.29, 0.717) is 0 Å². The van der Waals surface area contributed by atoms with Crippen molar-refractivity contribution in [1.82, 2.24) is 9.63 Å². The molecule has 0 saturated carbocycles. The van der Waals surface area contributed by atoms with Crippen molar-refractivity contribution in [2.45, 2.75) is 16.5 Å². The Morgan fingerprint density at radius 2 is 1.68 bits per heavy atom. The predicted octanol–water partition coefficient (Wildman–Crippen LogP) is 3.91. The summed E-state index contributed by atoms with van der Waals surface area (Å²) in [7, 11) is 5.91. The van der Waals surface area contributed by atoms with Crippen LogP contribution in [0.25, 0.3) is 10.9 Å². The van der Waals surface area contributed by atoms with Gasteiger partial charge in [0, 0.05) is 22.4 Å². The van der Waals surface area contributed by atoms with Crippen molar-refractivity contribution in [3.05, 3.63) is 60.2 Å². The van der Waals surface area contributed by atoms with Gasteiger partial charge in [-0.3, -0.25) is 0 Å². The van der Waals surface area contributed by atoms with Gasteiger partial charge in [-0.2, -0.15) is 4.73 Å². The second kappa shape index (κ2) is 6.46. The number of nitrogens with zero attached hydrogens (tertiary/aromatic N) is 2. The molecule has 0 radical (unpaired) electrons. The molecule has 114 valence electrons. The van der Waals surface area contributed by atoms with Gasteiger partial charge in [0.05, 0.1) is 5.52 Å². The smallest absolute Gasteiger partial charge is 0.123 e. The maximum atomic E-state index is 5.67. The molecule has 4 heteroatoms. The van der Waals surface area contributed by atoms with Gasteiger partial charge in [-0.1, -0.05) is 48.2 Å².